The van der Waals surface area contributed by atoms with Crippen LogP contribution < -0.4 is 10.6 Å². The molecular weight excluding hydrogens is 426 g/mol. The zero-order chi connectivity index (χ0) is 23.3. The Hall–Kier alpha value is -3.07. The molecule has 4 heterocycles. The summed E-state index contributed by atoms with van der Waals surface area (Å²) in [4.78, 5) is 22.1. The zero-order valence-electron chi connectivity index (χ0n) is 18.9. The Kier molecular flexibility index (Phi) is 5.52. The molecule has 7 nitrogen and oxygen atoms in total. The molecule has 0 unspecified atom stereocenters. The molecule has 174 valence electrons. The molecule has 0 saturated carbocycles. The van der Waals surface area contributed by atoms with Gasteiger partial charge < -0.3 is 15.5 Å². The maximum Gasteiger partial charge on any atom is 0.254 e. The van der Waals surface area contributed by atoms with Crippen molar-refractivity contribution >= 4 is 17.4 Å². The molecule has 33 heavy (non-hydrogen) atoms. The molecule has 2 aromatic heterocycles. The minimum Gasteiger partial charge on any atom is -0.355 e. The lowest BCUT2D eigenvalue weighted by Gasteiger charge is -2.35. The number of likely N-dealkylation sites (tertiary alicyclic amines) is 1. The lowest BCUT2D eigenvalue weighted by Crippen LogP contribution is -2.39. The van der Waals surface area contributed by atoms with E-state index in [-0.39, 0.29) is 29.1 Å². The number of nitrogens with zero attached hydrogens (tertiary/aromatic N) is 5. The summed E-state index contributed by atoms with van der Waals surface area (Å²) in [5.74, 6) is -1.31. The number of aromatic nitrogens is 3. The molecule has 2 atom stereocenters. The van der Waals surface area contributed by atoms with E-state index in [1.807, 2.05) is 19.2 Å². The first-order valence-electron chi connectivity index (χ1n) is 11.5. The number of anilines is 1. The molecule has 2 aliphatic heterocycles. The van der Waals surface area contributed by atoms with Crippen LogP contribution in [0.2, 0.25) is 0 Å². The highest BCUT2D eigenvalue weighted by Gasteiger charge is 2.32. The van der Waals surface area contributed by atoms with Gasteiger partial charge in [-0.15, -0.1) is 0 Å². The molecule has 2 fully saturated rings. The molecule has 0 aliphatic carbocycles. The summed E-state index contributed by atoms with van der Waals surface area (Å²) < 4.78 is 29.5. The maximum absolute atomic E-state index is 14.1. The fourth-order valence-electron chi connectivity index (χ4n) is 5.00. The van der Waals surface area contributed by atoms with Crippen molar-refractivity contribution < 1.29 is 13.6 Å². The lowest BCUT2D eigenvalue weighted by atomic mass is 9.97. The van der Waals surface area contributed by atoms with Crippen molar-refractivity contribution in [3.63, 3.8) is 0 Å². The van der Waals surface area contributed by atoms with E-state index in [2.05, 4.69) is 4.90 Å². The van der Waals surface area contributed by atoms with Gasteiger partial charge in [0.25, 0.3) is 5.91 Å². The Morgan fingerprint density at radius 3 is 2.73 bits per heavy atom. The number of halogens is 2. The number of rotatable bonds is 3. The third-order valence-corrected chi connectivity index (χ3v) is 6.82. The van der Waals surface area contributed by atoms with Crippen LogP contribution in [0.3, 0.4) is 0 Å². The number of fused-ring (bicyclic) bond motifs is 1. The lowest BCUT2D eigenvalue weighted by molar-refractivity contribution is 0.0604. The van der Waals surface area contributed by atoms with Crippen LogP contribution in [0.1, 0.15) is 58.9 Å². The van der Waals surface area contributed by atoms with Crippen LogP contribution in [0.15, 0.2) is 24.4 Å². The van der Waals surface area contributed by atoms with Crippen molar-refractivity contribution in [1.29, 1.82) is 0 Å². The summed E-state index contributed by atoms with van der Waals surface area (Å²) in [5.41, 5.74) is 8.78. The Bertz CT molecular complexity index is 1230. The molecule has 2 N–H and O–H groups in total. The number of hydrogen-bond donors (Lipinski definition) is 1. The van der Waals surface area contributed by atoms with Crippen LogP contribution in [0.4, 0.5) is 14.6 Å². The minimum absolute atomic E-state index is 0.0325. The van der Waals surface area contributed by atoms with Crippen molar-refractivity contribution in [3.05, 3.63) is 58.4 Å². The highest BCUT2D eigenvalue weighted by Crippen LogP contribution is 2.33. The molecule has 9 heteroatoms. The largest absolute Gasteiger partial charge is 0.355 e. The maximum atomic E-state index is 14.1. The number of aryl methyl sites for hydroxylation is 1. The van der Waals surface area contributed by atoms with Gasteiger partial charge in [0.1, 0.15) is 5.82 Å². The Morgan fingerprint density at radius 2 is 1.97 bits per heavy atom. The molecule has 0 radical (unpaired) electrons. The number of piperidine rings is 1. The Morgan fingerprint density at radius 1 is 1.15 bits per heavy atom. The molecule has 3 aromatic rings. The van der Waals surface area contributed by atoms with E-state index < -0.39 is 11.6 Å². The second-order valence-electron chi connectivity index (χ2n) is 9.16. The van der Waals surface area contributed by atoms with Gasteiger partial charge >= 0.3 is 0 Å². The van der Waals surface area contributed by atoms with Gasteiger partial charge in [-0.25, -0.2) is 18.3 Å². The quantitative estimate of drug-likeness (QED) is 0.655. The van der Waals surface area contributed by atoms with Crippen molar-refractivity contribution in [2.45, 2.75) is 51.6 Å². The second kappa shape index (κ2) is 8.37. The normalized spacial score (nSPS) is 21.2. The van der Waals surface area contributed by atoms with E-state index in [1.54, 1.807) is 9.42 Å². The van der Waals surface area contributed by atoms with Gasteiger partial charge in [-0.1, -0.05) is 0 Å². The summed E-state index contributed by atoms with van der Waals surface area (Å²) in [6.07, 6.45) is 5.47. The van der Waals surface area contributed by atoms with Gasteiger partial charge in [-0.2, -0.15) is 5.10 Å². The Labute approximate surface area is 191 Å². The van der Waals surface area contributed by atoms with Gasteiger partial charge in [0.2, 0.25) is 0 Å². The van der Waals surface area contributed by atoms with Crippen LogP contribution in [0.25, 0.3) is 5.65 Å². The van der Waals surface area contributed by atoms with E-state index in [4.69, 9.17) is 15.8 Å². The number of amides is 1. The minimum atomic E-state index is -0.976. The van der Waals surface area contributed by atoms with Crippen molar-refractivity contribution in [3.8, 4) is 0 Å². The fourth-order valence-corrected chi connectivity index (χ4v) is 5.00. The smallest absolute Gasteiger partial charge is 0.254 e. The van der Waals surface area contributed by atoms with Crippen LogP contribution in [-0.4, -0.2) is 51.1 Å². The average molecular weight is 455 g/mol. The average Bonchev–Trinajstić information content (AvgIpc) is 3.42. The third kappa shape index (κ3) is 3.84. The predicted molar refractivity (Wildman–Crippen MR) is 121 cm³/mol. The monoisotopic (exact) mass is 454 g/mol. The molecule has 5 rings (SSSR count). The SMILES string of the molecule is Cc1cn2nc([C@@H]3CCCCN3C(=O)c3ccc(F)c(F)c3C)cc2nc1N1CC[C@H](N)C1. The zero-order valence-corrected chi connectivity index (χ0v) is 18.9. The summed E-state index contributed by atoms with van der Waals surface area (Å²) >= 11 is 0. The molecule has 1 aromatic carbocycles. The number of carbonyl (C=O) groups excluding carboxylic acids is 1. The van der Waals surface area contributed by atoms with Crippen molar-refractivity contribution in [2.24, 2.45) is 5.73 Å². The van der Waals surface area contributed by atoms with Crippen LogP contribution in [0.5, 0.6) is 0 Å². The summed E-state index contributed by atoms with van der Waals surface area (Å²) in [6, 6.07) is 4.21. The molecule has 0 spiro atoms. The van der Waals surface area contributed by atoms with E-state index in [0.29, 0.717) is 12.2 Å². The third-order valence-electron chi connectivity index (χ3n) is 6.82. The summed E-state index contributed by atoms with van der Waals surface area (Å²) in [5, 5.41) is 4.74. The van der Waals surface area contributed by atoms with Gasteiger partial charge in [0.15, 0.2) is 17.3 Å². The number of benzene rings is 1. The number of hydrogen-bond acceptors (Lipinski definition) is 5. The molecule has 2 saturated heterocycles. The van der Waals surface area contributed by atoms with Gasteiger partial charge in [0, 0.05) is 54.6 Å². The van der Waals surface area contributed by atoms with Crippen LogP contribution in [-0.2, 0) is 0 Å². The molecule has 2 aliphatic rings. The predicted octanol–water partition coefficient (Wildman–Crippen LogP) is 3.53. The standard InChI is InChI=1S/C24H28F2N6O/c1-14-12-32-21(28-23(14)30-10-8-16(27)13-30)11-19(29-32)20-5-3-4-9-31(20)24(33)17-6-7-18(25)22(26)15(17)2/h6-7,11-12,16,20H,3-5,8-10,13,27H2,1-2H3/t16-,20-/m0/s1. The first kappa shape index (κ1) is 21.8. The number of carbonyl (C=O) groups is 1. The van der Waals surface area contributed by atoms with Crippen LogP contribution in [0, 0.1) is 25.5 Å². The van der Waals surface area contributed by atoms with Gasteiger partial charge in [-0.3, -0.25) is 4.79 Å². The van der Waals surface area contributed by atoms with Gasteiger partial charge in [-0.05, 0) is 51.7 Å². The van der Waals surface area contributed by atoms with Crippen LogP contribution >= 0.6 is 0 Å². The first-order chi connectivity index (χ1) is 15.8. The highest BCUT2D eigenvalue weighted by molar-refractivity contribution is 5.96. The second-order valence-corrected chi connectivity index (χ2v) is 9.16. The molecule has 0 bridgehead atoms. The van der Waals surface area contributed by atoms with E-state index >= 15 is 0 Å². The van der Waals surface area contributed by atoms with Gasteiger partial charge in [0.05, 0.1) is 11.7 Å². The number of nitrogens with two attached hydrogens (primary N) is 1. The van der Waals surface area contributed by atoms with Crippen molar-refractivity contribution in [2.75, 3.05) is 24.5 Å². The molecule has 1 amide bonds. The van der Waals surface area contributed by atoms with E-state index in [0.717, 1.165) is 61.9 Å². The fraction of sp³-hybridized carbons (Fsp3) is 0.458. The van der Waals surface area contributed by atoms with E-state index in [9.17, 15) is 13.6 Å². The molecular formula is C24H28F2N6O. The summed E-state index contributed by atoms with van der Waals surface area (Å²) in [7, 11) is 0. The topological polar surface area (TPSA) is 79.8 Å². The van der Waals surface area contributed by atoms with Crippen molar-refractivity contribution in [1.82, 2.24) is 19.5 Å². The summed E-state index contributed by atoms with van der Waals surface area (Å²) in [6.45, 7) is 5.65. The first-order valence-corrected chi connectivity index (χ1v) is 11.5. The van der Waals surface area contributed by atoms with E-state index in [1.165, 1.54) is 13.0 Å². The highest BCUT2D eigenvalue weighted by atomic mass is 19.2. The Balaban J connectivity index is 1.48.